The minimum Gasteiger partial charge on any atom is -0.349 e. The monoisotopic (exact) mass is 255 g/mol. The van der Waals surface area contributed by atoms with E-state index in [1.54, 1.807) is 13.8 Å². The van der Waals surface area contributed by atoms with Gasteiger partial charge >= 0.3 is 0 Å². The van der Waals surface area contributed by atoms with Gasteiger partial charge in [-0.25, -0.2) is 8.78 Å². The van der Waals surface area contributed by atoms with Crippen molar-refractivity contribution in [2.24, 2.45) is 0 Å². The molecule has 0 aliphatic heterocycles. The number of halogens is 2. The van der Waals surface area contributed by atoms with E-state index in [9.17, 15) is 18.4 Å². The van der Waals surface area contributed by atoms with Crippen molar-refractivity contribution in [3.63, 3.8) is 0 Å². The van der Waals surface area contributed by atoms with Crippen LogP contribution in [0.4, 0.5) is 8.78 Å². The quantitative estimate of drug-likeness (QED) is 0.836. The van der Waals surface area contributed by atoms with E-state index in [1.165, 1.54) is 13.0 Å². The molecule has 1 amide bonds. The highest BCUT2D eigenvalue weighted by molar-refractivity contribution is 6.35. The first kappa shape index (κ1) is 14.3. The van der Waals surface area contributed by atoms with Gasteiger partial charge in [0.2, 0.25) is 5.78 Å². The minimum absolute atomic E-state index is 0.163. The van der Waals surface area contributed by atoms with E-state index in [2.05, 4.69) is 5.32 Å². The summed E-state index contributed by atoms with van der Waals surface area (Å²) >= 11 is 0. The number of benzene rings is 1. The molecule has 0 saturated heterocycles. The molecule has 0 unspecified atom stereocenters. The molecule has 1 rings (SSSR count). The van der Waals surface area contributed by atoms with Crippen LogP contribution in [0.2, 0.25) is 0 Å². The molecule has 0 bridgehead atoms. The van der Waals surface area contributed by atoms with Crippen LogP contribution >= 0.6 is 0 Å². The second-order valence-electron chi connectivity index (χ2n) is 4.75. The van der Waals surface area contributed by atoms with Crippen LogP contribution in [0.25, 0.3) is 0 Å². The molecule has 1 aromatic rings. The number of hydrogen-bond donors (Lipinski definition) is 1. The molecule has 0 aliphatic carbocycles. The van der Waals surface area contributed by atoms with E-state index in [0.29, 0.717) is 5.56 Å². The number of carbonyl (C=O) groups excluding carboxylic acids is 2. The van der Waals surface area contributed by atoms with Gasteiger partial charge in [-0.3, -0.25) is 9.59 Å². The fourth-order valence-corrected chi connectivity index (χ4v) is 1.44. The van der Waals surface area contributed by atoms with Crippen molar-refractivity contribution in [1.82, 2.24) is 5.32 Å². The maximum Gasteiger partial charge on any atom is 0.287 e. The van der Waals surface area contributed by atoms with Gasteiger partial charge < -0.3 is 5.32 Å². The van der Waals surface area contributed by atoms with Crippen LogP contribution in [0.3, 0.4) is 0 Å². The average molecular weight is 255 g/mol. The smallest absolute Gasteiger partial charge is 0.287 e. The molecule has 0 heterocycles. The molecule has 0 spiro atoms. The Kier molecular flexibility index (Phi) is 4.16. The number of hydrogen-bond acceptors (Lipinski definition) is 2. The summed E-state index contributed by atoms with van der Waals surface area (Å²) in [6.07, 6.45) is 0. The van der Waals surface area contributed by atoms with Crippen molar-refractivity contribution in [1.29, 1.82) is 0 Å². The fraction of sp³-hybridized carbons (Fsp3) is 0.385. The van der Waals surface area contributed by atoms with Crippen LogP contribution in [0.5, 0.6) is 0 Å². The molecule has 0 saturated carbocycles. The Hall–Kier alpha value is -1.78. The first-order valence-electron chi connectivity index (χ1n) is 5.48. The Labute approximate surface area is 104 Å². The molecule has 0 atom stereocenters. The number of carbonyl (C=O) groups is 2. The highest BCUT2D eigenvalue weighted by atomic mass is 19.2. The summed E-state index contributed by atoms with van der Waals surface area (Å²) in [5.41, 5.74) is -0.0510. The van der Waals surface area contributed by atoms with Gasteiger partial charge in [0.15, 0.2) is 11.6 Å². The second-order valence-corrected chi connectivity index (χ2v) is 4.75. The zero-order valence-electron chi connectivity index (χ0n) is 10.5. The Balaban J connectivity index is 2.82. The van der Waals surface area contributed by atoms with E-state index >= 15 is 0 Å². The van der Waals surface area contributed by atoms with Crippen molar-refractivity contribution in [3.8, 4) is 0 Å². The summed E-state index contributed by atoms with van der Waals surface area (Å²) in [5.74, 6) is -3.12. The molecule has 0 fully saturated rings. The maximum absolute atomic E-state index is 13.1. The highest BCUT2D eigenvalue weighted by Crippen LogP contribution is 2.23. The number of Topliss-reactive ketones (excluding diaryl/α,β-unsaturated/α-hetero) is 1. The molecule has 3 nitrogen and oxygen atoms in total. The molecule has 18 heavy (non-hydrogen) atoms. The van der Waals surface area contributed by atoms with Gasteiger partial charge in [-0.05, 0) is 17.7 Å². The van der Waals surface area contributed by atoms with E-state index < -0.39 is 28.7 Å². The van der Waals surface area contributed by atoms with Crippen LogP contribution in [0, 0.1) is 11.6 Å². The summed E-state index contributed by atoms with van der Waals surface area (Å²) < 4.78 is 25.9. The van der Waals surface area contributed by atoms with Gasteiger partial charge in [0.1, 0.15) is 0 Å². The molecule has 98 valence electrons. The summed E-state index contributed by atoms with van der Waals surface area (Å²) in [6.45, 7) is 4.86. The molecule has 0 aliphatic rings. The molecular formula is C13H15F2NO2. The van der Waals surface area contributed by atoms with E-state index in [1.807, 2.05) is 0 Å². The molecule has 0 aromatic heterocycles. The third-order valence-electron chi connectivity index (χ3n) is 2.71. The van der Waals surface area contributed by atoms with Crippen LogP contribution < -0.4 is 5.32 Å². The SMILES string of the molecule is CC(=O)C(=O)NCC(C)(C)c1ccc(F)c(F)c1. The molecule has 5 heteroatoms. The van der Waals surface area contributed by atoms with Crippen molar-refractivity contribution < 1.29 is 18.4 Å². The Morgan fingerprint density at radius 2 is 1.83 bits per heavy atom. The lowest BCUT2D eigenvalue weighted by Gasteiger charge is -2.25. The predicted molar refractivity (Wildman–Crippen MR) is 63.1 cm³/mol. The molecular weight excluding hydrogens is 240 g/mol. The van der Waals surface area contributed by atoms with Gasteiger partial charge in [0.25, 0.3) is 5.91 Å². The third kappa shape index (κ3) is 3.35. The minimum atomic E-state index is -0.932. The molecule has 0 radical (unpaired) electrons. The first-order valence-corrected chi connectivity index (χ1v) is 5.48. The maximum atomic E-state index is 13.1. The van der Waals surface area contributed by atoms with Crippen LogP contribution in [0.1, 0.15) is 26.3 Å². The van der Waals surface area contributed by atoms with E-state index in [-0.39, 0.29) is 6.54 Å². The first-order chi connectivity index (χ1) is 8.24. The Bertz CT molecular complexity index is 484. The largest absolute Gasteiger partial charge is 0.349 e. The van der Waals surface area contributed by atoms with Crippen LogP contribution in [-0.4, -0.2) is 18.2 Å². The van der Waals surface area contributed by atoms with Crippen molar-refractivity contribution >= 4 is 11.7 Å². The number of nitrogens with one attached hydrogen (secondary N) is 1. The van der Waals surface area contributed by atoms with Gasteiger partial charge in [-0.15, -0.1) is 0 Å². The zero-order chi connectivity index (χ0) is 13.9. The van der Waals surface area contributed by atoms with Crippen LogP contribution in [-0.2, 0) is 15.0 Å². The lowest BCUT2D eigenvalue weighted by atomic mass is 9.84. The standard InChI is InChI=1S/C13H15F2NO2/c1-8(17)12(18)16-7-13(2,3)9-4-5-10(14)11(15)6-9/h4-6H,7H2,1-3H3,(H,16,18). The Morgan fingerprint density at radius 1 is 1.22 bits per heavy atom. The van der Waals surface area contributed by atoms with E-state index in [4.69, 9.17) is 0 Å². The average Bonchev–Trinajstić information content (AvgIpc) is 2.29. The number of amides is 1. The van der Waals surface area contributed by atoms with Crippen molar-refractivity contribution in [3.05, 3.63) is 35.4 Å². The second kappa shape index (κ2) is 5.25. The topological polar surface area (TPSA) is 46.2 Å². The van der Waals surface area contributed by atoms with Gasteiger partial charge in [-0.2, -0.15) is 0 Å². The molecule has 1 aromatic carbocycles. The predicted octanol–water partition coefficient (Wildman–Crippen LogP) is 1.95. The van der Waals surface area contributed by atoms with Crippen LogP contribution in [0.15, 0.2) is 18.2 Å². The lowest BCUT2D eigenvalue weighted by Crippen LogP contribution is -2.39. The summed E-state index contributed by atoms with van der Waals surface area (Å²) in [6, 6.07) is 3.59. The molecule has 1 N–H and O–H groups in total. The zero-order valence-corrected chi connectivity index (χ0v) is 10.5. The van der Waals surface area contributed by atoms with Crippen molar-refractivity contribution in [2.75, 3.05) is 6.54 Å². The summed E-state index contributed by atoms with van der Waals surface area (Å²) in [7, 11) is 0. The van der Waals surface area contributed by atoms with Gasteiger partial charge in [-0.1, -0.05) is 19.9 Å². The third-order valence-corrected chi connectivity index (χ3v) is 2.71. The van der Waals surface area contributed by atoms with Gasteiger partial charge in [0, 0.05) is 18.9 Å². The number of rotatable bonds is 4. The highest BCUT2D eigenvalue weighted by Gasteiger charge is 2.23. The van der Waals surface area contributed by atoms with Crippen molar-refractivity contribution in [2.45, 2.75) is 26.2 Å². The van der Waals surface area contributed by atoms with Gasteiger partial charge in [0.05, 0.1) is 0 Å². The lowest BCUT2D eigenvalue weighted by molar-refractivity contribution is -0.136. The fourth-order valence-electron chi connectivity index (χ4n) is 1.44. The summed E-state index contributed by atoms with van der Waals surface area (Å²) in [4.78, 5) is 21.9. The van der Waals surface area contributed by atoms with E-state index in [0.717, 1.165) is 12.1 Å². The Morgan fingerprint density at radius 3 is 2.33 bits per heavy atom. The normalized spacial score (nSPS) is 11.2. The summed E-state index contributed by atoms with van der Waals surface area (Å²) in [5, 5.41) is 2.45. The number of ketones is 1.